The SMILES string of the molecule is Fc1ccccc1Cn1c(C2CCCNC2)cc2cccnc21. The lowest BCUT2D eigenvalue weighted by atomic mass is 9.96. The molecular formula is C19H20FN3. The molecule has 4 rings (SSSR count). The Hall–Kier alpha value is -2.20. The van der Waals surface area contributed by atoms with Crippen LogP contribution in [0.4, 0.5) is 4.39 Å². The molecule has 3 nitrogen and oxygen atoms in total. The molecule has 0 aliphatic carbocycles. The van der Waals surface area contributed by atoms with E-state index in [9.17, 15) is 4.39 Å². The molecule has 0 bridgehead atoms. The molecule has 4 heteroatoms. The first-order valence-corrected chi connectivity index (χ1v) is 8.21. The van der Waals surface area contributed by atoms with Crippen LogP contribution in [-0.4, -0.2) is 22.6 Å². The van der Waals surface area contributed by atoms with Gasteiger partial charge in [0, 0.05) is 35.3 Å². The van der Waals surface area contributed by atoms with Gasteiger partial charge >= 0.3 is 0 Å². The standard InChI is InChI=1S/C19H20FN3/c20-17-8-2-1-5-16(17)13-23-18(15-7-3-9-21-12-15)11-14-6-4-10-22-19(14)23/h1-2,4-6,8,10-11,15,21H,3,7,9,12-13H2. The molecule has 2 aromatic heterocycles. The van der Waals surface area contributed by atoms with E-state index in [1.54, 1.807) is 6.07 Å². The van der Waals surface area contributed by atoms with Crippen molar-refractivity contribution in [3.63, 3.8) is 0 Å². The highest BCUT2D eigenvalue weighted by molar-refractivity contribution is 5.77. The molecule has 0 saturated carbocycles. The lowest BCUT2D eigenvalue weighted by molar-refractivity contribution is 0.444. The van der Waals surface area contributed by atoms with Gasteiger partial charge < -0.3 is 9.88 Å². The van der Waals surface area contributed by atoms with Gasteiger partial charge in [0.25, 0.3) is 0 Å². The molecule has 23 heavy (non-hydrogen) atoms. The first-order chi connectivity index (χ1) is 11.3. The van der Waals surface area contributed by atoms with Crippen molar-refractivity contribution in [3.05, 3.63) is 65.7 Å². The highest BCUT2D eigenvalue weighted by Gasteiger charge is 2.21. The summed E-state index contributed by atoms with van der Waals surface area (Å²) in [4.78, 5) is 4.54. The first-order valence-electron chi connectivity index (χ1n) is 8.21. The topological polar surface area (TPSA) is 29.9 Å². The third-order valence-corrected chi connectivity index (χ3v) is 4.69. The van der Waals surface area contributed by atoms with Crippen molar-refractivity contribution in [1.82, 2.24) is 14.9 Å². The van der Waals surface area contributed by atoms with Gasteiger partial charge in [-0.15, -0.1) is 0 Å². The maximum Gasteiger partial charge on any atom is 0.140 e. The molecule has 1 unspecified atom stereocenters. The second kappa shape index (κ2) is 6.13. The fourth-order valence-corrected chi connectivity index (χ4v) is 3.51. The Bertz CT molecular complexity index is 818. The predicted octanol–water partition coefficient (Wildman–Crippen LogP) is 3.69. The molecule has 3 aromatic rings. The van der Waals surface area contributed by atoms with Crippen LogP contribution < -0.4 is 5.32 Å². The van der Waals surface area contributed by atoms with E-state index in [1.807, 2.05) is 24.4 Å². The monoisotopic (exact) mass is 309 g/mol. The highest BCUT2D eigenvalue weighted by atomic mass is 19.1. The summed E-state index contributed by atoms with van der Waals surface area (Å²) in [5.74, 6) is 0.308. The maximum absolute atomic E-state index is 14.1. The minimum atomic E-state index is -0.155. The average Bonchev–Trinajstić information content (AvgIpc) is 2.96. The molecule has 1 aromatic carbocycles. The van der Waals surface area contributed by atoms with Gasteiger partial charge in [-0.2, -0.15) is 0 Å². The van der Waals surface area contributed by atoms with Gasteiger partial charge in [-0.05, 0) is 43.7 Å². The van der Waals surface area contributed by atoms with Crippen LogP contribution in [-0.2, 0) is 6.54 Å². The molecule has 0 amide bonds. The number of benzene rings is 1. The number of halogens is 1. The Morgan fingerprint density at radius 2 is 2.13 bits per heavy atom. The molecule has 1 aliphatic rings. The molecule has 118 valence electrons. The molecule has 1 fully saturated rings. The van der Waals surface area contributed by atoms with Crippen molar-refractivity contribution in [1.29, 1.82) is 0 Å². The molecule has 1 saturated heterocycles. The first kappa shape index (κ1) is 14.4. The van der Waals surface area contributed by atoms with Crippen molar-refractivity contribution >= 4 is 11.0 Å². The van der Waals surface area contributed by atoms with Gasteiger partial charge in [0.1, 0.15) is 11.5 Å². The molecule has 0 spiro atoms. The van der Waals surface area contributed by atoms with Crippen LogP contribution in [0.5, 0.6) is 0 Å². The van der Waals surface area contributed by atoms with Gasteiger partial charge in [0.2, 0.25) is 0 Å². The van der Waals surface area contributed by atoms with E-state index in [0.717, 1.165) is 24.1 Å². The van der Waals surface area contributed by atoms with Crippen LogP contribution in [0.1, 0.15) is 30.0 Å². The Balaban J connectivity index is 1.81. The van der Waals surface area contributed by atoms with E-state index in [1.165, 1.54) is 24.6 Å². The molecule has 1 atom stereocenters. The second-order valence-electron chi connectivity index (χ2n) is 6.21. The summed E-state index contributed by atoms with van der Waals surface area (Å²) in [6.45, 7) is 2.59. The zero-order valence-corrected chi connectivity index (χ0v) is 13.0. The van der Waals surface area contributed by atoms with Crippen LogP contribution in [0, 0.1) is 5.82 Å². The molecular weight excluding hydrogens is 289 g/mol. The molecule has 1 N–H and O–H groups in total. The smallest absolute Gasteiger partial charge is 0.140 e. The second-order valence-corrected chi connectivity index (χ2v) is 6.21. The summed E-state index contributed by atoms with van der Waals surface area (Å²) < 4.78 is 16.3. The molecule has 1 aliphatic heterocycles. The fourth-order valence-electron chi connectivity index (χ4n) is 3.51. The van der Waals surface area contributed by atoms with E-state index in [0.29, 0.717) is 18.0 Å². The van der Waals surface area contributed by atoms with Gasteiger partial charge in [-0.25, -0.2) is 9.37 Å². The summed E-state index contributed by atoms with van der Waals surface area (Å²) in [7, 11) is 0. The van der Waals surface area contributed by atoms with Crippen LogP contribution in [0.25, 0.3) is 11.0 Å². The number of nitrogens with zero attached hydrogens (tertiary/aromatic N) is 2. The summed E-state index contributed by atoms with van der Waals surface area (Å²) in [6.07, 6.45) is 4.16. The normalized spacial score (nSPS) is 18.4. The zero-order chi connectivity index (χ0) is 15.6. The van der Waals surface area contributed by atoms with Gasteiger partial charge in [0.15, 0.2) is 0 Å². The minimum absolute atomic E-state index is 0.155. The van der Waals surface area contributed by atoms with E-state index in [-0.39, 0.29) is 5.82 Å². The largest absolute Gasteiger partial charge is 0.325 e. The number of nitrogens with one attached hydrogen (secondary N) is 1. The third kappa shape index (κ3) is 2.75. The van der Waals surface area contributed by atoms with Gasteiger partial charge in [-0.1, -0.05) is 18.2 Å². The molecule has 0 radical (unpaired) electrons. The van der Waals surface area contributed by atoms with E-state index in [4.69, 9.17) is 0 Å². The van der Waals surface area contributed by atoms with Crippen molar-refractivity contribution in [2.24, 2.45) is 0 Å². The fraction of sp³-hybridized carbons (Fsp3) is 0.316. The summed E-state index contributed by atoms with van der Waals surface area (Å²) in [5, 5.41) is 4.60. The zero-order valence-electron chi connectivity index (χ0n) is 13.0. The van der Waals surface area contributed by atoms with E-state index >= 15 is 0 Å². The Morgan fingerprint density at radius 1 is 1.22 bits per heavy atom. The quantitative estimate of drug-likeness (QED) is 0.799. The van der Waals surface area contributed by atoms with Crippen molar-refractivity contribution < 1.29 is 4.39 Å². The Morgan fingerprint density at radius 3 is 2.96 bits per heavy atom. The average molecular weight is 309 g/mol. The van der Waals surface area contributed by atoms with Gasteiger partial charge in [0.05, 0.1) is 6.54 Å². The third-order valence-electron chi connectivity index (χ3n) is 4.69. The van der Waals surface area contributed by atoms with E-state index in [2.05, 4.69) is 27.0 Å². The van der Waals surface area contributed by atoms with Crippen LogP contribution in [0.15, 0.2) is 48.7 Å². The maximum atomic E-state index is 14.1. The number of fused-ring (bicyclic) bond motifs is 1. The van der Waals surface area contributed by atoms with Crippen molar-refractivity contribution in [3.8, 4) is 0 Å². The van der Waals surface area contributed by atoms with Crippen molar-refractivity contribution in [2.75, 3.05) is 13.1 Å². The van der Waals surface area contributed by atoms with Crippen molar-refractivity contribution in [2.45, 2.75) is 25.3 Å². The van der Waals surface area contributed by atoms with Crippen LogP contribution in [0.2, 0.25) is 0 Å². The number of hydrogen-bond donors (Lipinski definition) is 1. The summed E-state index contributed by atoms with van der Waals surface area (Å²) in [5.41, 5.74) is 2.91. The van der Waals surface area contributed by atoms with Crippen LogP contribution >= 0.6 is 0 Å². The number of pyridine rings is 1. The lowest BCUT2D eigenvalue weighted by Gasteiger charge is -2.24. The lowest BCUT2D eigenvalue weighted by Crippen LogP contribution is -2.29. The van der Waals surface area contributed by atoms with Crippen LogP contribution in [0.3, 0.4) is 0 Å². The van der Waals surface area contributed by atoms with Gasteiger partial charge in [-0.3, -0.25) is 0 Å². The predicted molar refractivity (Wildman–Crippen MR) is 90.1 cm³/mol. The number of piperidine rings is 1. The summed E-state index contributed by atoms with van der Waals surface area (Å²) in [6, 6.07) is 13.3. The highest BCUT2D eigenvalue weighted by Crippen LogP contribution is 2.29. The Kier molecular flexibility index (Phi) is 3.83. The number of hydrogen-bond acceptors (Lipinski definition) is 2. The summed E-state index contributed by atoms with van der Waals surface area (Å²) >= 11 is 0. The number of aromatic nitrogens is 2. The van der Waals surface area contributed by atoms with E-state index < -0.39 is 0 Å². The molecule has 3 heterocycles. The number of rotatable bonds is 3. The minimum Gasteiger partial charge on any atom is -0.325 e. The Labute approximate surface area is 135 Å².